The lowest BCUT2D eigenvalue weighted by atomic mass is 10.1. The van der Waals surface area contributed by atoms with Crippen molar-refractivity contribution in [1.29, 1.82) is 0 Å². The number of nitrogens with one attached hydrogen (secondary N) is 2. The Labute approximate surface area is 185 Å². The number of nitrogens with two attached hydrogens (primary N) is 1. The fourth-order valence-electron chi connectivity index (χ4n) is 2.94. The van der Waals surface area contributed by atoms with Gasteiger partial charge in [0.05, 0.1) is 18.1 Å². The number of benzene rings is 2. The van der Waals surface area contributed by atoms with Crippen molar-refractivity contribution in [2.75, 3.05) is 11.2 Å². The summed E-state index contributed by atoms with van der Waals surface area (Å²) in [6.45, 7) is 0.454. The zero-order valence-electron chi connectivity index (χ0n) is 17.1. The number of hydrazone groups is 1. The molecule has 0 aliphatic rings. The van der Waals surface area contributed by atoms with Crippen molar-refractivity contribution < 1.29 is 4.79 Å². The van der Waals surface area contributed by atoms with Crippen LogP contribution in [0.25, 0.3) is 11.3 Å². The number of nitrogen functional groups attached to an aromatic ring is 1. The van der Waals surface area contributed by atoms with Crippen LogP contribution in [0.3, 0.4) is 0 Å². The zero-order chi connectivity index (χ0) is 22.2. The van der Waals surface area contributed by atoms with E-state index in [1.165, 1.54) is 6.21 Å². The molecule has 0 spiro atoms. The first-order valence-corrected chi connectivity index (χ1v) is 9.94. The molecule has 8 nitrogen and oxygen atoms in total. The van der Waals surface area contributed by atoms with Gasteiger partial charge in [-0.3, -0.25) is 10.2 Å². The first-order valence-electron chi connectivity index (χ1n) is 9.94. The first-order chi connectivity index (χ1) is 15.7. The molecule has 0 saturated carbocycles. The summed E-state index contributed by atoms with van der Waals surface area (Å²) in [6, 6.07) is 22.4. The molecule has 2 aromatic carbocycles. The van der Waals surface area contributed by atoms with E-state index >= 15 is 0 Å². The highest BCUT2D eigenvalue weighted by Gasteiger charge is 2.10. The van der Waals surface area contributed by atoms with Crippen LogP contribution in [0.2, 0.25) is 0 Å². The summed E-state index contributed by atoms with van der Waals surface area (Å²) >= 11 is 0. The van der Waals surface area contributed by atoms with Crippen molar-refractivity contribution >= 4 is 23.8 Å². The van der Waals surface area contributed by atoms with Crippen molar-refractivity contribution in [2.24, 2.45) is 5.10 Å². The monoisotopic (exact) mass is 423 g/mol. The van der Waals surface area contributed by atoms with Gasteiger partial charge in [-0.05, 0) is 29.8 Å². The number of rotatable bonds is 7. The summed E-state index contributed by atoms with van der Waals surface area (Å²) in [5.74, 6) is 0.679. The van der Waals surface area contributed by atoms with Crippen molar-refractivity contribution in [3.63, 3.8) is 0 Å². The van der Waals surface area contributed by atoms with E-state index in [0.717, 1.165) is 11.1 Å². The predicted octanol–water partition coefficient (Wildman–Crippen LogP) is 3.50. The van der Waals surface area contributed by atoms with Crippen LogP contribution in [0.5, 0.6) is 0 Å². The van der Waals surface area contributed by atoms with E-state index < -0.39 is 0 Å². The molecule has 0 bridgehead atoms. The van der Waals surface area contributed by atoms with E-state index in [-0.39, 0.29) is 11.7 Å². The fraction of sp³-hybridized carbons (Fsp3) is 0.0417. The Morgan fingerprint density at radius 3 is 2.66 bits per heavy atom. The minimum absolute atomic E-state index is 0.166. The third-order valence-electron chi connectivity index (χ3n) is 4.58. The number of hydrogen-bond donors (Lipinski definition) is 3. The molecule has 0 aliphatic heterocycles. The van der Waals surface area contributed by atoms with Crippen LogP contribution in [0.15, 0.2) is 90.3 Å². The average molecular weight is 423 g/mol. The van der Waals surface area contributed by atoms with Crippen LogP contribution >= 0.6 is 0 Å². The molecule has 8 heteroatoms. The zero-order valence-corrected chi connectivity index (χ0v) is 17.1. The molecule has 0 radical (unpaired) electrons. The van der Waals surface area contributed by atoms with Gasteiger partial charge in [0.25, 0.3) is 5.91 Å². The lowest BCUT2D eigenvalue weighted by Crippen LogP contribution is -2.22. The van der Waals surface area contributed by atoms with Gasteiger partial charge in [-0.1, -0.05) is 48.5 Å². The number of aromatic nitrogens is 3. The van der Waals surface area contributed by atoms with Crippen LogP contribution < -0.4 is 16.5 Å². The number of anilines is 2. The molecule has 2 aromatic heterocycles. The molecule has 32 heavy (non-hydrogen) atoms. The molecule has 1 amide bonds. The van der Waals surface area contributed by atoms with Crippen molar-refractivity contribution in [2.45, 2.75) is 6.54 Å². The maximum Gasteiger partial charge on any atom is 0.251 e. The van der Waals surface area contributed by atoms with Crippen LogP contribution in [-0.4, -0.2) is 27.1 Å². The Hall–Kier alpha value is -4.59. The SMILES string of the molecule is Nc1ncc(-c2cccc(C(=O)NCc3ccccc3)c2)nc1C=NNc1ccccn1. The highest BCUT2D eigenvalue weighted by atomic mass is 16.1. The summed E-state index contributed by atoms with van der Waals surface area (Å²) < 4.78 is 0. The van der Waals surface area contributed by atoms with Gasteiger partial charge in [0.2, 0.25) is 0 Å². The lowest BCUT2D eigenvalue weighted by molar-refractivity contribution is 0.0951. The van der Waals surface area contributed by atoms with E-state index in [1.807, 2.05) is 48.5 Å². The smallest absolute Gasteiger partial charge is 0.251 e. The van der Waals surface area contributed by atoms with Gasteiger partial charge in [-0.2, -0.15) is 5.10 Å². The van der Waals surface area contributed by atoms with E-state index in [4.69, 9.17) is 5.73 Å². The predicted molar refractivity (Wildman–Crippen MR) is 125 cm³/mol. The molecule has 0 saturated heterocycles. The normalized spacial score (nSPS) is 10.8. The third-order valence-corrected chi connectivity index (χ3v) is 4.58. The maximum absolute atomic E-state index is 12.6. The molecule has 0 aliphatic carbocycles. The van der Waals surface area contributed by atoms with Crippen LogP contribution in [-0.2, 0) is 6.54 Å². The van der Waals surface area contributed by atoms with E-state index in [1.54, 1.807) is 36.7 Å². The van der Waals surface area contributed by atoms with E-state index in [0.29, 0.717) is 29.3 Å². The maximum atomic E-state index is 12.6. The van der Waals surface area contributed by atoms with Gasteiger partial charge in [0.1, 0.15) is 11.5 Å². The molecule has 0 unspecified atom stereocenters. The Morgan fingerprint density at radius 2 is 1.84 bits per heavy atom. The first kappa shape index (κ1) is 20.7. The van der Waals surface area contributed by atoms with Gasteiger partial charge in [0, 0.05) is 23.9 Å². The van der Waals surface area contributed by atoms with Crippen LogP contribution in [0.4, 0.5) is 11.6 Å². The number of amides is 1. The Morgan fingerprint density at radius 1 is 1.00 bits per heavy atom. The largest absolute Gasteiger partial charge is 0.382 e. The molecular formula is C24H21N7O. The van der Waals surface area contributed by atoms with Crippen LogP contribution in [0, 0.1) is 0 Å². The van der Waals surface area contributed by atoms with Gasteiger partial charge >= 0.3 is 0 Å². The topological polar surface area (TPSA) is 118 Å². The molecule has 4 rings (SSSR count). The number of hydrogen-bond acceptors (Lipinski definition) is 7. The van der Waals surface area contributed by atoms with Crippen LogP contribution in [0.1, 0.15) is 21.6 Å². The molecule has 0 fully saturated rings. The second-order valence-electron chi connectivity index (χ2n) is 6.86. The average Bonchev–Trinajstić information content (AvgIpc) is 2.85. The van der Waals surface area contributed by atoms with Gasteiger partial charge in [0.15, 0.2) is 5.82 Å². The summed E-state index contributed by atoms with van der Waals surface area (Å²) in [7, 11) is 0. The summed E-state index contributed by atoms with van der Waals surface area (Å²) in [4.78, 5) is 25.5. The highest BCUT2D eigenvalue weighted by Crippen LogP contribution is 2.19. The molecule has 0 atom stereocenters. The Balaban J connectivity index is 1.48. The lowest BCUT2D eigenvalue weighted by Gasteiger charge is -2.08. The van der Waals surface area contributed by atoms with Crippen molar-refractivity contribution in [3.8, 4) is 11.3 Å². The Kier molecular flexibility index (Phi) is 6.42. The Bertz CT molecular complexity index is 1230. The number of carbonyl (C=O) groups is 1. The second-order valence-corrected chi connectivity index (χ2v) is 6.86. The second kappa shape index (κ2) is 9.94. The van der Waals surface area contributed by atoms with Gasteiger partial charge in [-0.15, -0.1) is 0 Å². The minimum Gasteiger partial charge on any atom is -0.382 e. The summed E-state index contributed by atoms with van der Waals surface area (Å²) in [5.41, 5.74) is 12.1. The van der Waals surface area contributed by atoms with Crippen molar-refractivity contribution in [1.82, 2.24) is 20.3 Å². The highest BCUT2D eigenvalue weighted by molar-refractivity contribution is 5.95. The minimum atomic E-state index is -0.166. The van der Waals surface area contributed by atoms with Gasteiger partial charge in [-0.25, -0.2) is 15.0 Å². The molecular weight excluding hydrogens is 402 g/mol. The number of carbonyl (C=O) groups excluding carboxylic acids is 1. The molecule has 4 aromatic rings. The summed E-state index contributed by atoms with van der Waals surface area (Å²) in [6.07, 6.45) is 4.71. The van der Waals surface area contributed by atoms with E-state index in [2.05, 4.69) is 30.8 Å². The third kappa shape index (κ3) is 5.31. The quantitative estimate of drug-likeness (QED) is 0.309. The molecule has 4 N–H and O–H groups in total. The molecule has 2 heterocycles. The summed E-state index contributed by atoms with van der Waals surface area (Å²) in [5, 5.41) is 7.05. The standard InChI is InChI=1S/C24H21N7O/c25-23-21(16-29-31-22-11-4-5-12-26-22)30-20(15-27-23)18-9-6-10-19(13-18)24(32)28-14-17-7-2-1-3-8-17/h1-13,15-16H,14H2,(H2,25,27)(H,26,31)(H,28,32). The fourth-order valence-corrected chi connectivity index (χ4v) is 2.94. The van der Waals surface area contributed by atoms with E-state index in [9.17, 15) is 4.79 Å². The molecule has 158 valence electrons. The number of pyridine rings is 1. The van der Waals surface area contributed by atoms with Gasteiger partial charge < -0.3 is 11.1 Å². The van der Waals surface area contributed by atoms with Crippen molar-refractivity contribution in [3.05, 3.63) is 102 Å². The number of nitrogens with zero attached hydrogens (tertiary/aromatic N) is 4.